The summed E-state index contributed by atoms with van der Waals surface area (Å²) in [6.45, 7) is 4.42. The van der Waals surface area contributed by atoms with Crippen LogP contribution in [0.15, 0.2) is 42.5 Å². The van der Waals surface area contributed by atoms with Crippen molar-refractivity contribution in [3.63, 3.8) is 0 Å². The van der Waals surface area contributed by atoms with Crippen LogP contribution in [0.5, 0.6) is 0 Å². The van der Waals surface area contributed by atoms with Crippen molar-refractivity contribution in [2.24, 2.45) is 5.73 Å². The van der Waals surface area contributed by atoms with Gasteiger partial charge in [-0.15, -0.1) is 12.4 Å². The number of nitrogens with one attached hydrogen (secondary N) is 1. The maximum absolute atomic E-state index is 13.5. The molecule has 0 saturated carbocycles. The number of nitrogens with two attached hydrogens (primary N) is 1. The molecule has 0 aliphatic heterocycles. The second-order valence-electron chi connectivity index (χ2n) is 6.11. The van der Waals surface area contributed by atoms with Crippen LogP contribution in [0.2, 0.25) is 0 Å². The molecular weight excluding hydrogens is 346 g/mol. The Morgan fingerprint density at radius 2 is 1.56 bits per heavy atom. The van der Waals surface area contributed by atoms with Gasteiger partial charge in [0.2, 0.25) is 5.91 Å². The fourth-order valence-corrected chi connectivity index (χ4v) is 2.39. The highest BCUT2D eigenvalue weighted by molar-refractivity contribution is 5.85. The van der Waals surface area contributed by atoms with Gasteiger partial charge in [0, 0.05) is 18.2 Å². The minimum Gasteiger partial charge on any atom is -0.354 e. The Morgan fingerprint density at radius 3 is 2.08 bits per heavy atom. The first-order chi connectivity index (χ1) is 11.4. The van der Waals surface area contributed by atoms with E-state index in [9.17, 15) is 13.6 Å². The molecule has 2 aromatic rings. The number of amides is 1. The Balaban J connectivity index is 0.00000312. The predicted octanol–water partition coefficient (Wildman–Crippen LogP) is 3.87. The van der Waals surface area contributed by atoms with Crippen molar-refractivity contribution in [3.8, 4) is 0 Å². The summed E-state index contributed by atoms with van der Waals surface area (Å²) in [4.78, 5) is 11.9. The number of carbonyl (C=O) groups excluding carboxylic acids is 1. The third kappa shape index (κ3) is 5.80. The predicted molar refractivity (Wildman–Crippen MR) is 97.8 cm³/mol. The Morgan fingerprint density at radius 1 is 1.04 bits per heavy atom. The standard InChI is InChI=1S/C19H22F2N2O.ClH/c1-12(2)13-6-8-14(9-7-13)18(22)11-23-19(24)10-15-16(20)4-3-5-17(15)21;/h3-9,12,18H,10-11,22H2,1-2H3,(H,23,24);1H. The van der Waals surface area contributed by atoms with Crippen molar-refractivity contribution in [1.29, 1.82) is 0 Å². The summed E-state index contributed by atoms with van der Waals surface area (Å²) < 4.78 is 27.1. The van der Waals surface area contributed by atoms with Gasteiger partial charge in [-0.25, -0.2) is 8.78 Å². The van der Waals surface area contributed by atoms with Crippen molar-refractivity contribution in [1.82, 2.24) is 5.32 Å². The minimum atomic E-state index is -0.723. The van der Waals surface area contributed by atoms with Gasteiger partial charge in [0.1, 0.15) is 11.6 Å². The van der Waals surface area contributed by atoms with Crippen molar-refractivity contribution in [2.45, 2.75) is 32.2 Å². The van der Waals surface area contributed by atoms with Crippen molar-refractivity contribution in [3.05, 3.63) is 70.8 Å². The first-order valence-corrected chi connectivity index (χ1v) is 7.93. The molecule has 6 heteroatoms. The molecule has 0 radical (unpaired) electrons. The molecule has 0 saturated heterocycles. The lowest BCUT2D eigenvalue weighted by atomic mass is 9.99. The van der Waals surface area contributed by atoms with E-state index in [1.165, 1.54) is 11.6 Å². The molecule has 136 valence electrons. The summed E-state index contributed by atoms with van der Waals surface area (Å²) >= 11 is 0. The second-order valence-corrected chi connectivity index (χ2v) is 6.11. The molecule has 0 fully saturated rings. The van der Waals surface area contributed by atoms with E-state index in [1.54, 1.807) is 0 Å². The van der Waals surface area contributed by atoms with Gasteiger partial charge in [0.15, 0.2) is 0 Å². The van der Waals surface area contributed by atoms with E-state index in [2.05, 4.69) is 19.2 Å². The van der Waals surface area contributed by atoms with Crippen LogP contribution in [0.1, 0.15) is 42.5 Å². The van der Waals surface area contributed by atoms with Crippen molar-refractivity contribution < 1.29 is 13.6 Å². The van der Waals surface area contributed by atoms with Gasteiger partial charge in [-0.05, 0) is 29.2 Å². The molecule has 1 unspecified atom stereocenters. The van der Waals surface area contributed by atoms with Gasteiger partial charge in [-0.2, -0.15) is 0 Å². The monoisotopic (exact) mass is 368 g/mol. The fourth-order valence-electron chi connectivity index (χ4n) is 2.39. The van der Waals surface area contributed by atoms with E-state index in [0.29, 0.717) is 5.92 Å². The lowest BCUT2D eigenvalue weighted by molar-refractivity contribution is -0.120. The highest BCUT2D eigenvalue weighted by Crippen LogP contribution is 2.17. The van der Waals surface area contributed by atoms with Gasteiger partial charge in [0.25, 0.3) is 0 Å². The number of benzene rings is 2. The average molecular weight is 369 g/mol. The maximum Gasteiger partial charge on any atom is 0.224 e. The van der Waals surface area contributed by atoms with Crippen LogP contribution >= 0.6 is 12.4 Å². The smallest absolute Gasteiger partial charge is 0.224 e. The Hall–Kier alpha value is -1.98. The van der Waals surface area contributed by atoms with Gasteiger partial charge < -0.3 is 11.1 Å². The third-order valence-corrected chi connectivity index (χ3v) is 3.95. The largest absolute Gasteiger partial charge is 0.354 e. The summed E-state index contributed by atoms with van der Waals surface area (Å²) in [7, 11) is 0. The van der Waals surface area contributed by atoms with E-state index >= 15 is 0 Å². The summed E-state index contributed by atoms with van der Waals surface area (Å²) in [5.74, 6) is -1.48. The molecular formula is C19H23ClF2N2O. The molecule has 0 bridgehead atoms. The van der Waals surface area contributed by atoms with Crippen LogP contribution in [-0.2, 0) is 11.2 Å². The number of hydrogen-bond donors (Lipinski definition) is 2. The molecule has 0 aliphatic carbocycles. The lowest BCUT2D eigenvalue weighted by Gasteiger charge is -2.15. The number of rotatable bonds is 6. The molecule has 0 aliphatic rings. The van der Waals surface area contributed by atoms with Gasteiger partial charge >= 0.3 is 0 Å². The van der Waals surface area contributed by atoms with Gasteiger partial charge in [-0.1, -0.05) is 44.2 Å². The molecule has 1 atom stereocenters. The Labute approximate surface area is 153 Å². The summed E-state index contributed by atoms with van der Waals surface area (Å²) in [6, 6.07) is 11.0. The van der Waals surface area contributed by atoms with Crippen molar-refractivity contribution >= 4 is 18.3 Å². The Bertz CT molecular complexity index is 685. The normalized spacial score (nSPS) is 11.8. The molecule has 0 spiro atoms. The number of carbonyl (C=O) groups is 1. The molecule has 2 rings (SSSR count). The van der Waals surface area contributed by atoms with E-state index in [4.69, 9.17) is 5.73 Å². The van der Waals surface area contributed by atoms with E-state index in [-0.39, 0.29) is 37.0 Å². The minimum absolute atomic E-state index is 0. The molecule has 0 aromatic heterocycles. The van der Waals surface area contributed by atoms with Gasteiger partial charge in [0.05, 0.1) is 6.42 Å². The highest BCUT2D eigenvalue weighted by atomic mass is 35.5. The van der Waals surface area contributed by atoms with E-state index in [1.807, 2.05) is 24.3 Å². The molecule has 3 N–H and O–H groups in total. The summed E-state index contributed by atoms with van der Waals surface area (Å²) in [5, 5.41) is 2.62. The van der Waals surface area contributed by atoms with Crippen LogP contribution in [-0.4, -0.2) is 12.5 Å². The SMILES string of the molecule is CC(C)c1ccc(C(N)CNC(=O)Cc2c(F)cccc2F)cc1.Cl. The van der Waals surface area contributed by atoms with E-state index in [0.717, 1.165) is 17.7 Å². The van der Waals surface area contributed by atoms with Crippen LogP contribution in [0.4, 0.5) is 8.78 Å². The van der Waals surface area contributed by atoms with E-state index < -0.39 is 17.5 Å². The first-order valence-electron chi connectivity index (χ1n) is 7.93. The average Bonchev–Trinajstić information content (AvgIpc) is 2.56. The molecule has 25 heavy (non-hydrogen) atoms. The molecule has 2 aromatic carbocycles. The second kappa shape index (κ2) is 9.49. The number of halogens is 3. The zero-order valence-electron chi connectivity index (χ0n) is 14.3. The highest BCUT2D eigenvalue weighted by Gasteiger charge is 2.14. The quantitative estimate of drug-likeness (QED) is 0.813. The third-order valence-electron chi connectivity index (χ3n) is 3.95. The lowest BCUT2D eigenvalue weighted by Crippen LogP contribution is -2.33. The van der Waals surface area contributed by atoms with Gasteiger partial charge in [-0.3, -0.25) is 4.79 Å². The zero-order valence-corrected chi connectivity index (χ0v) is 15.1. The zero-order chi connectivity index (χ0) is 17.7. The molecule has 3 nitrogen and oxygen atoms in total. The summed E-state index contributed by atoms with van der Waals surface area (Å²) in [5.41, 5.74) is 7.94. The molecule has 0 heterocycles. The first kappa shape index (κ1) is 21.1. The van der Waals surface area contributed by atoms with Crippen molar-refractivity contribution in [2.75, 3.05) is 6.54 Å². The van der Waals surface area contributed by atoms with Crippen LogP contribution in [0, 0.1) is 11.6 Å². The topological polar surface area (TPSA) is 55.1 Å². The maximum atomic E-state index is 13.5. The number of hydrogen-bond acceptors (Lipinski definition) is 2. The Kier molecular flexibility index (Phi) is 8.00. The van der Waals surface area contributed by atoms with Crippen LogP contribution in [0.25, 0.3) is 0 Å². The van der Waals surface area contributed by atoms with Crippen LogP contribution in [0.3, 0.4) is 0 Å². The summed E-state index contributed by atoms with van der Waals surface area (Å²) in [6.07, 6.45) is -0.350. The molecule has 1 amide bonds. The fraction of sp³-hybridized carbons (Fsp3) is 0.316. The van der Waals surface area contributed by atoms with Crippen LogP contribution < -0.4 is 11.1 Å².